The van der Waals surface area contributed by atoms with E-state index in [1.807, 2.05) is 35.0 Å². The molecule has 7 nitrogen and oxygen atoms in total. The second-order valence-corrected chi connectivity index (χ2v) is 5.89. The number of urea groups is 1. The molecule has 0 radical (unpaired) electrons. The standard InChI is InChI=1S/C15H18N4O3/c1-15(13(20)21)5-7-19(10-15)14(22)16-8-11-9-18-6-3-2-4-12(18)17-11/h2-4,6,9H,5,7-8,10H2,1H3,(H,16,22)(H,20,21). The zero-order valence-electron chi connectivity index (χ0n) is 12.3. The molecule has 0 aromatic carbocycles. The summed E-state index contributed by atoms with van der Waals surface area (Å²) in [6.45, 7) is 2.69. The molecule has 2 N–H and O–H groups in total. The van der Waals surface area contributed by atoms with Gasteiger partial charge in [0.05, 0.1) is 17.7 Å². The van der Waals surface area contributed by atoms with Gasteiger partial charge in [-0.25, -0.2) is 9.78 Å². The average Bonchev–Trinajstić information content (AvgIpc) is 3.09. The van der Waals surface area contributed by atoms with Crippen LogP contribution < -0.4 is 5.32 Å². The van der Waals surface area contributed by atoms with Crippen molar-refractivity contribution < 1.29 is 14.7 Å². The summed E-state index contributed by atoms with van der Waals surface area (Å²) in [4.78, 5) is 29.3. The highest BCUT2D eigenvalue weighted by Gasteiger charge is 2.42. The van der Waals surface area contributed by atoms with Crippen LogP contribution in [0.4, 0.5) is 4.79 Å². The van der Waals surface area contributed by atoms with Gasteiger partial charge in [-0.1, -0.05) is 6.07 Å². The van der Waals surface area contributed by atoms with E-state index < -0.39 is 11.4 Å². The molecule has 2 amide bonds. The topological polar surface area (TPSA) is 86.9 Å². The summed E-state index contributed by atoms with van der Waals surface area (Å²) >= 11 is 0. The fraction of sp³-hybridized carbons (Fsp3) is 0.400. The van der Waals surface area contributed by atoms with Gasteiger partial charge >= 0.3 is 12.0 Å². The van der Waals surface area contributed by atoms with Crippen LogP contribution in [0.2, 0.25) is 0 Å². The molecule has 0 saturated carbocycles. The lowest BCUT2D eigenvalue weighted by Gasteiger charge is -2.20. The van der Waals surface area contributed by atoms with Gasteiger partial charge in [-0.05, 0) is 25.5 Å². The molecular weight excluding hydrogens is 284 g/mol. The molecule has 0 bridgehead atoms. The van der Waals surface area contributed by atoms with Gasteiger partial charge in [-0.2, -0.15) is 0 Å². The summed E-state index contributed by atoms with van der Waals surface area (Å²) in [6, 6.07) is 5.46. The van der Waals surface area contributed by atoms with E-state index in [0.29, 0.717) is 19.5 Å². The number of amides is 2. The Balaban J connectivity index is 1.60. The smallest absolute Gasteiger partial charge is 0.317 e. The van der Waals surface area contributed by atoms with Gasteiger partial charge in [0.1, 0.15) is 5.65 Å². The Morgan fingerprint density at radius 3 is 2.95 bits per heavy atom. The molecule has 22 heavy (non-hydrogen) atoms. The lowest BCUT2D eigenvalue weighted by molar-refractivity contribution is -0.146. The van der Waals surface area contributed by atoms with Gasteiger partial charge in [-0.3, -0.25) is 4.79 Å². The summed E-state index contributed by atoms with van der Waals surface area (Å²) in [5.74, 6) is -0.858. The molecule has 116 valence electrons. The van der Waals surface area contributed by atoms with Crippen LogP contribution in [0.15, 0.2) is 30.6 Å². The van der Waals surface area contributed by atoms with Crippen LogP contribution in [-0.2, 0) is 11.3 Å². The third-order valence-electron chi connectivity index (χ3n) is 4.11. The molecule has 2 aromatic heterocycles. The lowest BCUT2D eigenvalue weighted by Crippen LogP contribution is -2.40. The van der Waals surface area contributed by atoms with E-state index in [4.69, 9.17) is 0 Å². The summed E-state index contributed by atoms with van der Waals surface area (Å²) in [5.41, 5.74) is 0.742. The first-order valence-electron chi connectivity index (χ1n) is 7.17. The Morgan fingerprint density at radius 2 is 2.27 bits per heavy atom. The third-order valence-corrected chi connectivity index (χ3v) is 4.11. The van der Waals surface area contributed by atoms with Crippen LogP contribution in [0.3, 0.4) is 0 Å². The van der Waals surface area contributed by atoms with E-state index in [1.165, 1.54) is 0 Å². The number of carbonyl (C=O) groups excluding carboxylic acids is 1. The number of pyridine rings is 1. The maximum atomic E-state index is 12.1. The van der Waals surface area contributed by atoms with Gasteiger partial charge in [0.2, 0.25) is 0 Å². The summed E-state index contributed by atoms with van der Waals surface area (Å²) in [7, 11) is 0. The van der Waals surface area contributed by atoms with Gasteiger partial charge in [0.15, 0.2) is 0 Å². The van der Waals surface area contributed by atoms with Crippen molar-refractivity contribution in [3.8, 4) is 0 Å². The third kappa shape index (κ3) is 2.61. The molecule has 3 heterocycles. The molecule has 7 heteroatoms. The van der Waals surface area contributed by atoms with E-state index >= 15 is 0 Å². The number of aliphatic carboxylic acids is 1. The number of imidazole rings is 1. The normalized spacial score (nSPS) is 21.2. The van der Waals surface area contributed by atoms with Crippen molar-refractivity contribution in [1.29, 1.82) is 0 Å². The highest BCUT2D eigenvalue weighted by atomic mass is 16.4. The average molecular weight is 302 g/mol. The quantitative estimate of drug-likeness (QED) is 0.895. The minimum absolute atomic E-state index is 0.235. The number of carboxylic acids is 1. The first-order valence-corrected chi connectivity index (χ1v) is 7.17. The highest BCUT2D eigenvalue weighted by molar-refractivity contribution is 5.79. The van der Waals surface area contributed by atoms with Gasteiger partial charge in [0.25, 0.3) is 0 Å². The van der Waals surface area contributed by atoms with Crippen molar-refractivity contribution in [1.82, 2.24) is 19.6 Å². The predicted octanol–water partition coefficient (Wildman–Crippen LogP) is 1.34. The number of aromatic nitrogens is 2. The Kier molecular flexibility index (Phi) is 3.48. The van der Waals surface area contributed by atoms with Crippen LogP contribution in [-0.4, -0.2) is 44.5 Å². The summed E-state index contributed by atoms with van der Waals surface area (Å²) < 4.78 is 1.89. The molecule has 1 unspecified atom stereocenters. The number of carboxylic acid groups (broad SMARTS) is 1. The van der Waals surface area contributed by atoms with Crippen molar-refractivity contribution in [3.63, 3.8) is 0 Å². The monoisotopic (exact) mass is 302 g/mol. The Bertz CT molecular complexity index is 693. The minimum Gasteiger partial charge on any atom is -0.481 e. The van der Waals surface area contributed by atoms with E-state index in [-0.39, 0.29) is 12.6 Å². The highest BCUT2D eigenvalue weighted by Crippen LogP contribution is 2.29. The van der Waals surface area contributed by atoms with Crippen molar-refractivity contribution in [2.24, 2.45) is 5.41 Å². The first-order chi connectivity index (χ1) is 10.5. The SMILES string of the molecule is CC1(C(=O)O)CCN(C(=O)NCc2cn3ccccc3n2)C1. The van der Waals surface area contributed by atoms with Crippen molar-refractivity contribution in [3.05, 3.63) is 36.3 Å². The van der Waals surface area contributed by atoms with Crippen LogP contribution in [0.25, 0.3) is 5.65 Å². The number of nitrogens with one attached hydrogen (secondary N) is 1. The number of carbonyl (C=O) groups is 2. The minimum atomic E-state index is -0.858. The molecule has 0 spiro atoms. The molecule has 1 aliphatic heterocycles. The Labute approximate surface area is 127 Å². The molecule has 1 fully saturated rings. The Morgan fingerprint density at radius 1 is 1.45 bits per heavy atom. The van der Waals surface area contributed by atoms with Crippen molar-refractivity contribution >= 4 is 17.6 Å². The van der Waals surface area contributed by atoms with E-state index in [1.54, 1.807) is 11.8 Å². The first kappa shape index (κ1) is 14.4. The van der Waals surface area contributed by atoms with Crippen LogP contribution >= 0.6 is 0 Å². The molecule has 0 aliphatic carbocycles. The molecule has 3 rings (SSSR count). The predicted molar refractivity (Wildman–Crippen MR) is 79.4 cm³/mol. The molecular formula is C15H18N4O3. The second-order valence-electron chi connectivity index (χ2n) is 5.89. The zero-order chi connectivity index (χ0) is 15.7. The molecule has 1 atom stereocenters. The molecule has 1 aliphatic rings. The number of fused-ring (bicyclic) bond motifs is 1. The maximum absolute atomic E-state index is 12.1. The van der Waals surface area contributed by atoms with Gasteiger partial charge < -0.3 is 19.7 Å². The number of nitrogens with zero attached hydrogens (tertiary/aromatic N) is 3. The van der Waals surface area contributed by atoms with Crippen LogP contribution in [0.5, 0.6) is 0 Å². The number of hydrogen-bond acceptors (Lipinski definition) is 3. The fourth-order valence-electron chi connectivity index (χ4n) is 2.66. The van der Waals surface area contributed by atoms with Crippen LogP contribution in [0.1, 0.15) is 19.0 Å². The molecule has 2 aromatic rings. The van der Waals surface area contributed by atoms with Crippen molar-refractivity contribution in [2.75, 3.05) is 13.1 Å². The van der Waals surface area contributed by atoms with Crippen molar-refractivity contribution in [2.45, 2.75) is 19.9 Å². The lowest BCUT2D eigenvalue weighted by atomic mass is 9.90. The number of hydrogen-bond donors (Lipinski definition) is 2. The largest absolute Gasteiger partial charge is 0.481 e. The zero-order valence-corrected chi connectivity index (χ0v) is 12.3. The summed E-state index contributed by atoms with van der Waals surface area (Å²) in [5, 5.41) is 12.0. The fourth-order valence-corrected chi connectivity index (χ4v) is 2.66. The number of likely N-dealkylation sites (tertiary alicyclic amines) is 1. The summed E-state index contributed by atoms with van der Waals surface area (Å²) in [6.07, 6.45) is 4.23. The Hall–Kier alpha value is -2.57. The van der Waals surface area contributed by atoms with Gasteiger partial charge in [0, 0.05) is 25.5 Å². The van der Waals surface area contributed by atoms with E-state index in [2.05, 4.69) is 10.3 Å². The van der Waals surface area contributed by atoms with E-state index in [9.17, 15) is 14.7 Å². The maximum Gasteiger partial charge on any atom is 0.317 e. The molecule has 1 saturated heterocycles. The van der Waals surface area contributed by atoms with E-state index in [0.717, 1.165) is 11.3 Å². The second kappa shape index (κ2) is 5.32. The van der Waals surface area contributed by atoms with Crippen LogP contribution in [0, 0.1) is 5.41 Å². The van der Waals surface area contributed by atoms with Gasteiger partial charge in [-0.15, -0.1) is 0 Å². The number of rotatable bonds is 3.